The first-order valence-electron chi connectivity index (χ1n) is 12.8. The Morgan fingerprint density at radius 2 is 1.82 bits per heavy atom. The average molecular weight is 532 g/mol. The number of nitrogens with one attached hydrogen (secondary N) is 2. The number of pyridine rings is 1. The monoisotopic (exact) mass is 531 g/mol. The number of urea groups is 1. The topological polar surface area (TPSA) is 124 Å². The number of aliphatic hydroxyl groups excluding tert-OH is 1. The molecule has 2 heterocycles. The fourth-order valence-corrected chi connectivity index (χ4v) is 4.35. The Balaban J connectivity index is 1.65. The SMILES string of the molecule is C[C@@H]1CN([C@H](C)CO)C(=O)c2cccc(NC(=O)c3ccncc3)c2O[C@H]1CN(C)C(=O)Nc1ccccc1. The largest absolute Gasteiger partial charge is 0.485 e. The van der Waals surface area contributed by atoms with Crippen molar-refractivity contribution in [3.63, 3.8) is 0 Å². The van der Waals surface area contributed by atoms with Crippen molar-refractivity contribution < 1.29 is 24.2 Å². The van der Waals surface area contributed by atoms with Crippen LogP contribution in [0.3, 0.4) is 0 Å². The van der Waals surface area contributed by atoms with Gasteiger partial charge in [0.05, 0.1) is 30.4 Å². The fraction of sp³-hybridized carbons (Fsp3) is 0.310. The summed E-state index contributed by atoms with van der Waals surface area (Å²) in [5, 5.41) is 15.6. The molecule has 4 rings (SSSR count). The summed E-state index contributed by atoms with van der Waals surface area (Å²) < 4.78 is 6.46. The van der Waals surface area contributed by atoms with Crippen LogP contribution in [0, 0.1) is 5.92 Å². The summed E-state index contributed by atoms with van der Waals surface area (Å²) in [6.07, 6.45) is 2.51. The van der Waals surface area contributed by atoms with Gasteiger partial charge >= 0.3 is 6.03 Å². The van der Waals surface area contributed by atoms with Crippen molar-refractivity contribution >= 4 is 29.2 Å². The van der Waals surface area contributed by atoms with Crippen molar-refractivity contribution in [3.8, 4) is 5.75 Å². The highest BCUT2D eigenvalue weighted by atomic mass is 16.5. The van der Waals surface area contributed by atoms with Crippen LogP contribution in [0.15, 0.2) is 73.1 Å². The number of amides is 4. The van der Waals surface area contributed by atoms with Crippen LogP contribution in [0.5, 0.6) is 5.75 Å². The molecule has 0 fully saturated rings. The Hall–Kier alpha value is -4.44. The molecule has 3 aromatic rings. The summed E-state index contributed by atoms with van der Waals surface area (Å²) in [5.41, 5.74) is 1.66. The van der Waals surface area contributed by atoms with Crippen molar-refractivity contribution in [2.24, 2.45) is 5.92 Å². The average Bonchev–Trinajstić information content (AvgIpc) is 2.95. The summed E-state index contributed by atoms with van der Waals surface area (Å²) >= 11 is 0. The number of rotatable bonds is 7. The van der Waals surface area contributed by atoms with E-state index in [0.717, 1.165) is 0 Å². The minimum absolute atomic E-state index is 0.210. The predicted molar refractivity (Wildman–Crippen MR) is 148 cm³/mol. The molecule has 3 atom stereocenters. The number of hydrogen-bond donors (Lipinski definition) is 3. The number of carbonyl (C=O) groups is 3. The molecule has 204 valence electrons. The van der Waals surface area contributed by atoms with Gasteiger partial charge in [0.25, 0.3) is 11.8 Å². The van der Waals surface area contributed by atoms with Gasteiger partial charge in [-0.3, -0.25) is 14.6 Å². The van der Waals surface area contributed by atoms with E-state index in [0.29, 0.717) is 23.5 Å². The summed E-state index contributed by atoms with van der Waals surface area (Å²) in [5.74, 6) is -0.694. The lowest BCUT2D eigenvalue weighted by Crippen LogP contribution is -2.50. The van der Waals surface area contributed by atoms with Crippen LogP contribution in [-0.4, -0.2) is 76.6 Å². The first-order valence-corrected chi connectivity index (χ1v) is 12.8. The number of benzene rings is 2. The van der Waals surface area contributed by atoms with E-state index in [1.165, 1.54) is 17.3 Å². The van der Waals surface area contributed by atoms with E-state index in [1.54, 1.807) is 61.3 Å². The van der Waals surface area contributed by atoms with E-state index in [-0.39, 0.29) is 48.2 Å². The summed E-state index contributed by atoms with van der Waals surface area (Å²) in [6, 6.07) is 16.5. The Morgan fingerprint density at radius 1 is 1.10 bits per heavy atom. The van der Waals surface area contributed by atoms with Gasteiger partial charge in [-0.1, -0.05) is 31.2 Å². The number of hydrogen-bond acceptors (Lipinski definition) is 6. The maximum atomic E-state index is 13.6. The molecule has 1 aliphatic heterocycles. The molecule has 0 spiro atoms. The molecule has 1 aromatic heterocycles. The van der Waals surface area contributed by atoms with Gasteiger partial charge in [-0.15, -0.1) is 0 Å². The summed E-state index contributed by atoms with van der Waals surface area (Å²) in [7, 11) is 1.67. The zero-order chi connectivity index (χ0) is 27.9. The fourth-order valence-electron chi connectivity index (χ4n) is 4.35. The number of likely N-dealkylation sites (N-methyl/N-ethyl adjacent to an activating group) is 1. The van der Waals surface area contributed by atoms with Crippen molar-refractivity contribution in [2.45, 2.75) is 26.0 Å². The van der Waals surface area contributed by atoms with Gasteiger partial charge in [-0.2, -0.15) is 0 Å². The molecule has 0 saturated carbocycles. The molecule has 0 bridgehead atoms. The van der Waals surface area contributed by atoms with Crippen LogP contribution >= 0.6 is 0 Å². The van der Waals surface area contributed by atoms with E-state index in [4.69, 9.17) is 4.74 Å². The van der Waals surface area contributed by atoms with Gasteiger partial charge in [-0.05, 0) is 43.3 Å². The first-order chi connectivity index (χ1) is 18.8. The van der Waals surface area contributed by atoms with Gasteiger partial charge in [0.1, 0.15) is 6.10 Å². The molecule has 2 aromatic carbocycles. The van der Waals surface area contributed by atoms with E-state index in [2.05, 4.69) is 15.6 Å². The molecular formula is C29H33N5O5. The normalized spacial score (nSPS) is 17.6. The van der Waals surface area contributed by atoms with Crippen LogP contribution in [0.25, 0.3) is 0 Å². The van der Waals surface area contributed by atoms with E-state index >= 15 is 0 Å². The molecule has 0 saturated heterocycles. The molecule has 0 radical (unpaired) electrons. The minimum atomic E-state index is -0.532. The first kappa shape index (κ1) is 27.6. The third-order valence-electron chi connectivity index (χ3n) is 6.71. The van der Waals surface area contributed by atoms with Crippen LogP contribution in [0.2, 0.25) is 0 Å². The Kier molecular flexibility index (Phi) is 8.77. The van der Waals surface area contributed by atoms with E-state index < -0.39 is 12.1 Å². The number of para-hydroxylation sites is 2. The van der Waals surface area contributed by atoms with Crippen molar-refractivity contribution in [3.05, 3.63) is 84.2 Å². The second-order valence-electron chi connectivity index (χ2n) is 9.67. The third-order valence-corrected chi connectivity index (χ3v) is 6.71. The molecule has 10 nitrogen and oxygen atoms in total. The second-order valence-corrected chi connectivity index (χ2v) is 9.67. The number of aliphatic hydroxyl groups is 1. The molecule has 1 aliphatic rings. The van der Waals surface area contributed by atoms with Gasteiger partial charge in [0.2, 0.25) is 0 Å². The van der Waals surface area contributed by atoms with Crippen LogP contribution in [-0.2, 0) is 0 Å². The lowest BCUT2D eigenvalue weighted by Gasteiger charge is -2.38. The van der Waals surface area contributed by atoms with Crippen molar-refractivity contribution in [1.29, 1.82) is 0 Å². The maximum absolute atomic E-state index is 13.6. The van der Waals surface area contributed by atoms with Crippen LogP contribution < -0.4 is 15.4 Å². The highest BCUT2D eigenvalue weighted by Gasteiger charge is 2.35. The highest BCUT2D eigenvalue weighted by Crippen LogP contribution is 2.35. The lowest BCUT2D eigenvalue weighted by molar-refractivity contribution is 0.0372. The number of nitrogens with zero attached hydrogens (tertiary/aromatic N) is 3. The zero-order valence-corrected chi connectivity index (χ0v) is 22.2. The predicted octanol–water partition coefficient (Wildman–Crippen LogP) is 3.72. The molecule has 39 heavy (non-hydrogen) atoms. The number of fused-ring (bicyclic) bond motifs is 1. The standard InChI is InChI=1S/C29H33N5O5/c1-19-16-34(20(2)18-35)28(37)23-10-7-11-24(32-27(36)21-12-14-30-15-13-21)26(23)39-25(19)17-33(3)29(38)31-22-8-5-4-6-9-22/h4-15,19-20,25,35H,16-18H2,1-3H3,(H,31,38)(H,32,36)/t19-,20-,25+/m1/s1. The Morgan fingerprint density at radius 3 is 2.51 bits per heavy atom. The number of aromatic nitrogens is 1. The third kappa shape index (κ3) is 6.53. The Bertz CT molecular complexity index is 1300. The van der Waals surface area contributed by atoms with Gasteiger partial charge < -0.3 is 30.3 Å². The van der Waals surface area contributed by atoms with Gasteiger partial charge in [0, 0.05) is 43.2 Å². The van der Waals surface area contributed by atoms with E-state index in [9.17, 15) is 19.5 Å². The smallest absolute Gasteiger partial charge is 0.321 e. The quantitative estimate of drug-likeness (QED) is 0.427. The highest BCUT2D eigenvalue weighted by molar-refractivity contribution is 6.07. The van der Waals surface area contributed by atoms with Crippen molar-refractivity contribution in [1.82, 2.24) is 14.8 Å². The van der Waals surface area contributed by atoms with Crippen molar-refractivity contribution in [2.75, 3.05) is 37.4 Å². The second kappa shape index (κ2) is 12.4. The summed E-state index contributed by atoms with van der Waals surface area (Å²) in [4.78, 5) is 46.6. The van der Waals surface area contributed by atoms with Crippen LogP contribution in [0.1, 0.15) is 34.6 Å². The maximum Gasteiger partial charge on any atom is 0.321 e. The van der Waals surface area contributed by atoms with Gasteiger partial charge in [0.15, 0.2) is 5.75 Å². The molecule has 0 aliphatic carbocycles. The molecule has 10 heteroatoms. The van der Waals surface area contributed by atoms with Crippen LogP contribution in [0.4, 0.5) is 16.2 Å². The summed E-state index contributed by atoms with van der Waals surface area (Å²) in [6.45, 7) is 4.02. The lowest BCUT2D eigenvalue weighted by atomic mass is 9.99. The molecular weight excluding hydrogens is 498 g/mol. The Labute approximate surface area is 227 Å². The molecule has 0 unspecified atom stereocenters. The van der Waals surface area contributed by atoms with Gasteiger partial charge in [-0.25, -0.2) is 4.79 Å². The zero-order valence-electron chi connectivity index (χ0n) is 22.2. The molecule has 3 N–H and O–H groups in total. The number of carbonyl (C=O) groups excluding carboxylic acids is 3. The number of ether oxygens (including phenoxy) is 1. The number of anilines is 2. The minimum Gasteiger partial charge on any atom is -0.485 e. The molecule has 4 amide bonds. The van der Waals surface area contributed by atoms with E-state index in [1.807, 2.05) is 25.1 Å².